The van der Waals surface area contributed by atoms with Gasteiger partial charge in [-0.15, -0.1) is 0 Å². The van der Waals surface area contributed by atoms with Gasteiger partial charge in [0.05, 0.1) is 10.7 Å². The summed E-state index contributed by atoms with van der Waals surface area (Å²) in [6, 6.07) is 7.94. The minimum Gasteiger partial charge on any atom is -0.506 e. The number of para-hydroxylation sites is 1. The zero-order valence-electron chi connectivity index (χ0n) is 11.2. The van der Waals surface area contributed by atoms with E-state index in [-0.39, 0.29) is 5.69 Å². The summed E-state index contributed by atoms with van der Waals surface area (Å²) < 4.78 is 38.5. The topological polar surface area (TPSA) is 61.4 Å². The molecule has 2 rings (SSSR count). The van der Waals surface area contributed by atoms with Gasteiger partial charge in [-0.1, -0.05) is 41.4 Å². The van der Waals surface area contributed by atoms with Crippen molar-refractivity contribution in [3.8, 4) is 5.75 Å². The number of benzene rings is 2. The summed E-state index contributed by atoms with van der Waals surface area (Å²) in [5, 5.41) is 12.9. The Balaban J connectivity index is 2.29. The van der Waals surface area contributed by atoms with Gasteiger partial charge in [-0.05, 0) is 18.2 Å². The van der Waals surface area contributed by atoms with Crippen LogP contribution in [0.2, 0.25) is 10.0 Å². The zero-order chi connectivity index (χ0) is 17.2. The fraction of sp³-hybridized carbons (Fsp3) is 0.0714. The van der Waals surface area contributed by atoms with E-state index < -0.39 is 33.6 Å². The van der Waals surface area contributed by atoms with E-state index in [0.717, 1.165) is 0 Å². The minimum absolute atomic E-state index is 0.379. The molecule has 0 heterocycles. The second-order valence-electron chi connectivity index (χ2n) is 4.39. The number of carbonyl (C=O) groups excluding carboxylic acids is 1. The number of carbonyl (C=O) groups is 1. The number of aromatic hydroxyl groups is 1. The number of halogens is 5. The van der Waals surface area contributed by atoms with Crippen molar-refractivity contribution in [2.45, 2.75) is 6.18 Å². The Morgan fingerprint density at radius 1 is 1.04 bits per heavy atom. The predicted octanol–water partition coefficient (Wildman–Crippen LogP) is 5.36. The van der Waals surface area contributed by atoms with E-state index in [9.17, 15) is 23.1 Å². The summed E-state index contributed by atoms with van der Waals surface area (Å²) in [7, 11) is 0. The number of rotatable bonds is 2. The highest BCUT2D eigenvalue weighted by molar-refractivity contribution is 6.45. The van der Waals surface area contributed by atoms with Gasteiger partial charge in [0.2, 0.25) is 0 Å². The number of amides is 2. The summed E-state index contributed by atoms with van der Waals surface area (Å²) in [6.07, 6.45) is -4.86. The molecule has 9 heteroatoms. The number of phenolic OH excluding ortho intramolecular Hbond substituents is 1. The molecule has 122 valence electrons. The van der Waals surface area contributed by atoms with Crippen LogP contribution < -0.4 is 10.6 Å². The first-order chi connectivity index (χ1) is 10.7. The first-order valence-electron chi connectivity index (χ1n) is 6.11. The molecule has 0 aliphatic heterocycles. The van der Waals surface area contributed by atoms with Crippen molar-refractivity contribution in [2.75, 3.05) is 10.6 Å². The van der Waals surface area contributed by atoms with Crippen molar-refractivity contribution in [3.05, 3.63) is 52.0 Å². The van der Waals surface area contributed by atoms with Crippen LogP contribution in [0.15, 0.2) is 36.4 Å². The molecule has 0 saturated heterocycles. The van der Waals surface area contributed by atoms with Crippen LogP contribution >= 0.6 is 23.2 Å². The number of alkyl halides is 3. The third-order valence-electron chi connectivity index (χ3n) is 2.77. The van der Waals surface area contributed by atoms with Crippen LogP contribution in [0.3, 0.4) is 0 Å². The van der Waals surface area contributed by atoms with E-state index in [1.807, 2.05) is 0 Å². The molecule has 0 radical (unpaired) electrons. The second-order valence-corrected chi connectivity index (χ2v) is 5.15. The van der Waals surface area contributed by atoms with E-state index in [0.29, 0.717) is 11.8 Å². The molecule has 4 nitrogen and oxygen atoms in total. The van der Waals surface area contributed by atoms with E-state index in [1.54, 1.807) is 30.3 Å². The number of hydrogen-bond donors (Lipinski definition) is 3. The highest BCUT2D eigenvalue weighted by Gasteiger charge is 2.36. The standard InChI is InChI=1S/C14H9Cl2F3N2O2/c15-10-9(6-8(14(17,18)19)12(22)11(10)16)21-13(23)20-7-4-2-1-3-5-7/h1-6,22H,(H2,20,21,23). The summed E-state index contributed by atoms with van der Waals surface area (Å²) in [5.41, 5.74) is -1.35. The highest BCUT2D eigenvalue weighted by Crippen LogP contribution is 2.46. The van der Waals surface area contributed by atoms with Crippen LogP contribution in [-0.4, -0.2) is 11.1 Å². The molecule has 0 fully saturated rings. The lowest BCUT2D eigenvalue weighted by Crippen LogP contribution is -2.20. The molecule has 0 atom stereocenters. The summed E-state index contributed by atoms with van der Waals surface area (Å²) in [5.74, 6) is -1.20. The van der Waals surface area contributed by atoms with Gasteiger partial charge in [-0.25, -0.2) is 4.79 Å². The van der Waals surface area contributed by atoms with Crippen LogP contribution in [-0.2, 0) is 6.18 Å². The zero-order valence-corrected chi connectivity index (χ0v) is 12.7. The summed E-state index contributed by atoms with van der Waals surface area (Å²) in [6.45, 7) is 0. The number of urea groups is 1. The van der Waals surface area contributed by atoms with Gasteiger partial charge in [0.25, 0.3) is 0 Å². The molecule has 2 amide bonds. The van der Waals surface area contributed by atoms with Gasteiger partial charge in [0.15, 0.2) is 0 Å². The first-order valence-corrected chi connectivity index (χ1v) is 6.87. The summed E-state index contributed by atoms with van der Waals surface area (Å²) in [4.78, 5) is 11.8. The molecule has 0 unspecified atom stereocenters. The maximum atomic E-state index is 12.8. The van der Waals surface area contributed by atoms with Crippen molar-refractivity contribution in [3.63, 3.8) is 0 Å². The smallest absolute Gasteiger partial charge is 0.420 e. The Bertz CT molecular complexity index is 737. The molecule has 0 spiro atoms. The van der Waals surface area contributed by atoms with Gasteiger partial charge < -0.3 is 15.7 Å². The largest absolute Gasteiger partial charge is 0.506 e. The molecule has 23 heavy (non-hydrogen) atoms. The van der Waals surface area contributed by atoms with Crippen molar-refractivity contribution < 1.29 is 23.1 Å². The maximum Gasteiger partial charge on any atom is 0.420 e. The van der Waals surface area contributed by atoms with Gasteiger partial charge in [-0.2, -0.15) is 13.2 Å². The number of hydrogen-bond acceptors (Lipinski definition) is 2. The van der Waals surface area contributed by atoms with Crippen LogP contribution in [0, 0.1) is 0 Å². The average molecular weight is 365 g/mol. The third kappa shape index (κ3) is 4.00. The lowest BCUT2D eigenvalue weighted by atomic mass is 10.1. The van der Waals surface area contributed by atoms with Crippen molar-refractivity contribution in [2.24, 2.45) is 0 Å². The molecular formula is C14H9Cl2F3N2O2. The predicted molar refractivity (Wildman–Crippen MR) is 82.2 cm³/mol. The molecule has 0 saturated carbocycles. The third-order valence-corrected chi connectivity index (χ3v) is 3.62. The molecule has 0 bridgehead atoms. The molecule has 0 aromatic heterocycles. The molecule has 3 N–H and O–H groups in total. The number of anilines is 2. The van der Waals surface area contributed by atoms with Crippen molar-refractivity contribution in [1.29, 1.82) is 0 Å². The van der Waals surface area contributed by atoms with Crippen molar-refractivity contribution >= 4 is 40.6 Å². The number of phenols is 1. The van der Waals surface area contributed by atoms with Crippen LogP contribution in [0.25, 0.3) is 0 Å². The fourth-order valence-corrected chi connectivity index (χ4v) is 2.12. The highest BCUT2D eigenvalue weighted by atomic mass is 35.5. The maximum absolute atomic E-state index is 12.8. The Morgan fingerprint density at radius 2 is 1.65 bits per heavy atom. The second kappa shape index (κ2) is 6.55. The molecule has 2 aromatic carbocycles. The molecule has 0 aliphatic carbocycles. The Kier molecular flexibility index (Phi) is 4.91. The van der Waals surface area contributed by atoms with Gasteiger partial charge in [0.1, 0.15) is 16.3 Å². The monoisotopic (exact) mass is 364 g/mol. The van der Waals surface area contributed by atoms with E-state index in [4.69, 9.17) is 23.2 Å². The SMILES string of the molecule is O=C(Nc1ccccc1)Nc1cc(C(F)(F)F)c(O)c(Cl)c1Cl. The Hall–Kier alpha value is -2.12. The quantitative estimate of drug-likeness (QED) is 0.628. The van der Waals surface area contributed by atoms with E-state index >= 15 is 0 Å². The molecular weight excluding hydrogens is 356 g/mol. The average Bonchev–Trinajstić information content (AvgIpc) is 2.47. The van der Waals surface area contributed by atoms with Crippen molar-refractivity contribution in [1.82, 2.24) is 0 Å². The molecule has 2 aromatic rings. The van der Waals surface area contributed by atoms with E-state index in [1.165, 1.54) is 0 Å². The van der Waals surface area contributed by atoms with Crippen LogP contribution in [0.4, 0.5) is 29.3 Å². The van der Waals surface area contributed by atoms with Gasteiger partial charge >= 0.3 is 12.2 Å². The fourth-order valence-electron chi connectivity index (χ4n) is 1.73. The number of nitrogens with one attached hydrogen (secondary N) is 2. The molecule has 0 aliphatic rings. The Labute approximate surface area is 138 Å². The van der Waals surface area contributed by atoms with E-state index in [2.05, 4.69) is 10.6 Å². The van der Waals surface area contributed by atoms with Gasteiger partial charge in [0, 0.05) is 5.69 Å². The Morgan fingerprint density at radius 3 is 2.22 bits per heavy atom. The van der Waals surface area contributed by atoms with Crippen LogP contribution in [0.1, 0.15) is 5.56 Å². The minimum atomic E-state index is -4.86. The first kappa shape index (κ1) is 17.2. The lowest BCUT2D eigenvalue weighted by Gasteiger charge is -2.15. The van der Waals surface area contributed by atoms with Gasteiger partial charge in [-0.3, -0.25) is 0 Å². The lowest BCUT2D eigenvalue weighted by molar-refractivity contribution is -0.138. The summed E-state index contributed by atoms with van der Waals surface area (Å²) >= 11 is 11.3. The normalized spacial score (nSPS) is 11.2. The van der Waals surface area contributed by atoms with Crippen LogP contribution in [0.5, 0.6) is 5.75 Å².